The van der Waals surface area contributed by atoms with Gasteiger partial charge in [-0.1, -0.05) is 24.3 Å². The summed E-state index contributed by atoms with van der Waals surface area (Å²) in [5.41, 5.74) is 0.801. The second-order valence-corrected chi connectivity index (χ2v) is 3.04. The van der Waals surface area contributed by atoms with Gasteiger partial charge in [0.1, 0.15) is 18.0 Å². The van der Waals surface area contributed by atoms with Crippen molar-refractivity contribution in [3.8, 4) is 0 Å². The molecule has 0 saturated heterocycles. The summed E-state index contributed by atoms with van der Waals surface area (Å²) in [5, 5.41) is 18.7. The maximum Gasteiger partial charge on any atom is 0.130 e. The molecular formula is C10H9FO2. The smallest absolute Gasteiger partial charge is 0.130 e. The molecule has 0 aromatic heterocycles. The van der Waals surface area contributed by atoms with E-state index in [4.69, 9.17) is 0 Å². The van der Waals surface area contributed by atoms with Crippen molar-refractivity contribution in [2.24, 2.45) is 0 Å². The van der Waals surface area contributed by atoms with Gasteiger partial charge in [0.05, 0.1) is 0 Å². The second-order valence-electron chi connectivity index (χ2n) is 3.04. The van der Waals surface area contributed by atoms with Crippen LogP contribution >= 0.6 is 0 Å². The lowest BCUT2D eigenvalue weighted by Gasteiger charge is -2.21. The molecule has 2 atom stereocenters. The average molecular weight is 180 g/mol. The lowest BCUT2D eigenvalue weighted by atomic mass is 9.93. The molecule has 0 fully saturated rings. The van der Waals surface area contributed by atoms with Gasteiger partial charge >= 0.3 is 0 Å². The summed E-state index contributed by atoms with van der Waals surface area (Å²) >= 11 is 0. The van der Waals surface area contributed by atoms with Crippen molar-refractivity contribution in [2.45, 2.75) is 12.2 Å². The Bertz CT molecular complexity index is 360. The van der Waals surface area contributed by atoms with Gasteiger partial charge in [-0.3, -0.25) is 0 Å². The fraction of sp³-hybridized carbons (Fsp3) is 0.200. The molecule has 1 aromatic carbocycles. The molecule has 3 heteroatoms. The highest BCUT2D eigenvalue weighted by molar-refractivity contribution is 5.58. The number of rotatable bonds is 0. The van der Waals surface area contributed by atoms with Crippen LogP contribution in [0.5, 0.6) is 0 Å². The van der Waals surface area contributed by atoms with Crippen molar-refractivity contribution in [3.63, 3.8) is 0 Å². The van der Waals surface area contributed by atoms with Gasteiger partial charge in [-0.05, 0) is 11.6 Å². The second kappa shape index (κ2) is 2.94. The average Bonchev–Trinajstić information content (AvgIpc) is 2.12. The molecule has 0 saturated carbocycles. The Morgan fingerprint density at radius 1 is 1.23 bits per heavy atom. The monoisotopic (exact) mass is 180 g/mol. The van der Waals surface area contributed by atoms with E-state index in [9.17, 15) is 14.6 Å². The summed E-state index contributed by atoms with van der Waals surface area (Å²) in [6, 6.07) is 4.45. The highest BCUT2D eigenvalue weighted by atomic mass is 19.1. The van der Waals surface area contributed by atoms with E-state index in [2.05, 4.69) is 0 Å². The third kappa shape index (κ3) is 1.26. The summed E-state index contributed by atoms with van der Waals surface area (Å²) in [5.74, 6) is -0.375. The number of aliphatic hydroxyl groups excluding tert-OH is 2. The van der Waals surface area contributed by atoms with Crippen LogP contribution in [0.1, 0.15) is 17.2 Å². The zero-order valence-corrected chi connectivity index (χ0v) is 6.81. The first-order valence-electron chi connectivity index (χ1n) is 4.03. The minimum Gasteiger partial charge on any atom is -0.386 e. The Morgan fingerprint density at radius 2 is 2.00 bits per heavy atom. The van der Waals surface area contributed by atoms with Crippen molar-refractivity contribution in [1.29, 1.82) is 0 Å². The first kappa shape index (κ1) is 8.41. The van der Waals surface area contributed by atoms with Gasteiger partial charge in [-0.15, -0.1) is 0 Å². The largest absolute Gasteiger partial charge is 0.386 e. The van der Waals surface area contributed by atoms with Gasteiger partial charge in [0.15, 0.2) is 0 Å². The van der Waals surface area contributed by atoms with Crippen LogP contribution in [0.2, 0.25) is 0 Å². The normalized spacial score (nSPS) is 25.8. The lowest BCUT2D eigenvalue weighted by Crippen LogP contribution is -2.19. The summed E-state index contributed by atoms with van der Waals surface area (Å²) in [6.07, 6.45) is 0.919. The van der Waals surface area contributed by atoms with Gasteiger partial charge in [-0.2, -0.15) is 0 Å². The van der Waals surface area contributed by atoms with Crippen LogP contribution in [-0.2, 0) is 0 Å². The van der Waals surface area contributed by atoms with Crippen LogP contribution < -0.4 is 0 Å². The topological polar surface area (TPSA) is 40.5 Å². The fourth-order valence-corrected chi connectivity index (χ4v) is 1.47. The van der Waals surface area contributed by atoms with Gasteiger partial charge in [-0.25, -0.2) is 4.39 Å². The third-order valence-corrected chi connectivity index (χ3v) is 2.19. The number of halogens is 1. The molecule has 0 amide bonds. The number of aliphatic hydroxyl groups is 2. The summed E-state index contributed by atoms with van der Waals surface area (Å²) in [6.45, 7) is 0. The predicted molar refractivity (Wildman–Crippen MR) is 46.4 cm³/mol. The van der Waals surface area contributed by atoms with Crippen LogP contribution in [0.3, 0.4) is 0 Å². The standard InChI is InChI=1S/C10H9FO2/c11-8-3-1-2-7-6(8)4-5-9(12)10(7)13/h1-5,9-10,12-13H/t9-,10+/m0/s1. The van der Waals surface area contributed by atoms with Crippen LogP contribution in [0.15, 0.2) is 24.3 Å². The molecule has 1 aliphatic rings. The molecule has 2 rings (SSSR count). The van der Waals surface area contributed by atoms with Crippen molar-refractivity contribution in [2.75, 3.05) is 0 Å². The fourth-order valence-electron chi connectivity index (χ4n) is 1.47. The summed E-state index contributed by atoms with van der Waals surface area (Å²) < 4.78 is 13.1. The Labute approximate surface area is 74.9 Å². The predicted octanol–water partition coefficient (Wildman–Crippen LogP) is 1.25. The molecule has 13 heavy (non-hydrogen) atoms. The van der Waals surface area contributed by atoms with Crippen molar-refractivity contribution in [1.82, 2.24) is 0 Å². The Morgan fingerprint density at radius 3 is 2.77 bits per heavy atom. The number of hydrogen-bond acceptors (Lipinski definition) is 2. The quantitative estimate of drug-likeness (QED) is 0.630. The minimum absolute atomic E-state index is 0.361. The molecule has 1 aromatic rings. The third-order valence-electron chi connectivity index (χ3n) is 2.19. The van der Waals surface area contributed by atoms with E-state index in [-0.39, 0.29) is 5.82 Å². The van der Waals surface area contributed by atoms with Crippen LogP contribution in [0.25, 0.3) is 6.08 Å². The molecule has 2 N–H and O–H groups in total. The van der Waals surface area contributed by atoms with Gasteiger partial charge < -0.3 is 10.2 Å². The molecule has 0 radical (unpaired) electrons. The van der Waals surface area contributed by atoms with E-state index in [1.165, 1.54) is 24.3 Å². The first-order valence-corrected chi connectivity index (χ1v) is 4.03. The zero-order valence-electron chi connectivity index (χ0n) is 6.81. The number of fused-ring (bicyclic) bond motifs is 1. The minimum atomic E-state index is -1.02. The van der Waals surface area contributed by atoms with Gasteiger partial charge in [0.2, 0.25) is 0 Å². The lowest BCUT2D eigenvalue weighted by molar-refractivity contribution is 0.0467. The molecule has 0 heterocycles. The molecule has 2 nitrogen and oxygen atoms in total. The maximum atomic E-state index is 13.1. The van der Waals surface area contributed by atoms with E-state index in [0.717, 1.165) is 0 Å². The Balaban J connectivity index is 2.58. The van der Waals surface area contributed by atoms with E-state index in [1.807, 2.05) is 0 Å². The molecule has 0 spiro atoms. The summed E-state index contributed by atoms with van der Waals surface area (Å²) in [7, 11) is 0. The van der Waals surface area contributed by atoms with Crippen LogP contribution in [0.4, 0.5) is 4.39 Å². The van der Waals surface area contributed by atoms with Crippen molar-refractivity contribution in [3.05, 3.63) is 41.2 Å². The maximum absolute atomic E-state index is 13.1. The number of benzene rings is 1. The van der Waals surface area contributed by atoms with E-state index >= 15 is 0 Å². The van der Waals surface area contributed by atoms with Crippen molar-refractivity contribution >= 4 is 6.08 Å². The highest BCUT2D eigenvalue weighted by Crippen LogP contribution is 2.29. The van der Waals surface area contributed by atoms with Crippen LogP contribution in [-0.4, -0.2) is 16.3 Å². The molecule has 1 aliphatic carbocycles. The van der Waals surface area contributed by atoms with Crippen LogP contribution in [0, 0.1) is 5.82 Å². The SMILES string of the molecule is O[C@@H]1c2cccc(F)c2C=C[C@@H]1O. The highest BCUT2D eigenvalue weighted by Gasteiger charge is 2.23. The Kier molecular flexibility index (Phi) is 1.90. The molecule has 0 unspecified atom stereocenters. The zero-order chi connectivity index (χ0) is 9.42. The summed E-state index contributed by atoms with van der Waals surface area (Å²) in [4.78, 5) is 0. The first-order chi connectivity index (χ1) is 6.20. The van der Waals surface area contributed by atoms with Crippen molar-refractivity contribution < 1.29 is 14.6 Å². The Hall–Kier alpha value is -1.19. The van der Waals surface area contributed by atoms with E-state index in [1.54, 1.807) is 6.07 Å². The molecular weight excluding hydrogens is 171 g/mol. The van der Waals surface area contributed by atoms with Gasteiger partial charge in [0.25, 0.3) is 0 Å². The van der Waals surface area contributed by atoms with E-state index in [0.29, 0.717) is 11.1 Å². The molecule has 68 valence electrons. The number of hydrogen-bond donors (Lipinski definition) is 2. The van der Waals surface area contributed by atoms with E-state index < -0.39 is 12.2 Å². The molecule has 0 aliphatic heterocycles. The molecule has 0 bridgehead atoms. The van der Waals surface area contributed by atoms with Gasteiger partial charge in [0, 0.05) is 5.56 Å².